The summed E-state index contributed by atoms with van der Waals surface area (Å²) in [6, 6.07) is 10.9. The Labute approximate surface area is 168 Å². The Morgan fingerprint density at radius 1 is 1.00 bits per heavy atom. The lowest BCUT2D eigenvalue weighted by Gasteiger charge is -2.08. The summed E-state index contributed by atoms with van der Waals surface area (Å²) < 4.78 is 0. The van der Waals surface area contributed by atoms with E-state index in [1.807, 2.05) is 41.1 Å². The molecule has 4 rings (SSSR count). The van der Waals surface area contributed by atoms with Gasteiger partial charge in [0.2, 0.25) is 5.91 Å². The Balaban J connectivity index is 1.45. The largest absolute Gasteiger partial charge is 0.351 e. The molecule has 2 amide bonds. The van der Waals surface area contributed by atoms with Crippen molar-refractivity contribution in [3.63, 3.8) is 0 Å². The summed E-state index contributed by atoms with van der Waals surface area (Å²) in [5, 5.41) is 10.1. The first-order valence-corrected chi connectivity index (χ1v) is 10.2. The number of nitrogens with zero attached hydrogens (tertiary/aromatic N) is 3. The molecule has 0 spiro atoms. The highest BCUT2D eigenvalue weighted by molar-refractivity contribution is 7.16. The second-order valence-electron chi connectivity index (χ2n) is 5.78. The second kappa shape index (κ2) is 8.24. The fourth-order valence-electron chi connectivity index (χ4n) is 2.54. The third-order valence-corrected chi connectivity index (χ3v) is 5.53. The number of aromatic nitrogens is 3. The molecule has 0 aliphatic heterocycles. The molecule has 0 saturated carbocycles. The van der Waals surface area contributed by atoms with Gasteiger partial charge >= 0.3 is 0 Å². The van der Waals surface area contributed by atoms with Crippen molar-refractivity contribution in [1.29, 1.82) is 0 Å². The molecule has 0 bridgehead atoms. The normalized spacial score (nSPS) is 10.7. The van der Waals surface area contributed by atoms with E-state index in [0.717, 1.165) is 10.2 Å². The van der Waals surface area contributed by atoms with Gasteiger partial charge in [0.15, 0.2) is 5.82 Å². The number of anilines is 1. The molecule has 0 unspecified atom stereocenters. The van der Waals surface area contributed by atoms with Crippen molar-refractivity contribution in [3.8, 4) is 11.5 Å². The van der Waals surface area contributed by atoms with E-state index in [0.29, 0.717) is 22.2 Å². The predicted molar refractivity (Wildman–Crippen MR) is 111 cm³/mol. The molecular formula is C19H15N5O2S2. The first kappa shape index (κ1) is 18.2. The molecule has 2 N–H and O–H groups in total. The van der Waals surface area contributed by atoms with Gasteiger partial charge in [-0.1, -0.05) is 12.1 Å². The van der Waals surface area contributed by atoms with Gasteiger partial charge < -0.3 is 10.6 Å². The van der Waals surface area contributed by atoms with Gasteiger partial charge in [0.1, 0.15) is 16.3 Å². The zero-order chi connectivity index (χ0) is 19.3. The van der Waals surface area contributed by atoms with Crippen LogP contribution in [0.2, 0.25) is 0 Å². The van der Waals surface area contributed by atoms with Crippen LogP contribution in [0.5, 0.6) is 0 Å². The van der Waals surface area contributed by atoms with E-state index in [1.165, 1.54) is 22.7 Å². The second-order valence-corrected chi connectivity index (χ2v) is 7.62. The lowest BCUT2D eigenvalue weighted by Crippen LogP contribution is -2.27. The van der Waals surface area contributed by atoms with Crippen molar-refractivity contribution in [2.75, 3.05) is 11.9 Å². The number of carbonyl (C=O) groups excluding carboxylic acids is 2. The van der Waals surface area contributed by atoms with E-state index < -0.39 is 0 Å². The summed E-state index contributed by atoms with van der Waals surface area (Å²) in [5.41, 5.74) is 0.636. The van der Waals surface area contributed by atoms with Gasteiger partial charge in [0.05, 0.1) is 10.3 Å². The topological polar surface area (TPSA) is 96.9 Å². The van der Waals surface area contributed by atoms with E-state index >= 15 is 0 Å². The highest BCUT2D eigenvalue weighted by atomic mass is 32.1. The number of nitrogens with one attached hydrogen (secondary N) is 2. The van der Waals surface area contributed by atoms with Crippen molar-refractivity contribution in [1.82, 2.24) is 20.3 Å². The zero-order valence-corrected chi connectivity index (χ0v) is 16.2. The van der Waals surface area contributed by atoms with Gasteiger partial charge in [0, 0.05) is 19.2 Å². The van der Waals surface area contributed by atoms with Crippen LogP contribution in [-0.4, -0.2) is 33.3 Å². The number of pyridine rings is 1. The van der Waals surface area contributed by atoms with Gasteiger partial charge in [-0.2, -0.15) is 0 Å². The van der Waals surface area contributed by atoms with Crippen LogP contribution in [0.25, 0.3) is 21.7 Å². The Morgan fingerprint density at radius 2 is 1.93 bits per heavy atom. The fourth-order valence-corrected chi connectivity index (χ4v) is 3.94. The monoisotopic (exact) mass is 409 g/mol. The third-order valence-electron chi connectivity index (χ3n) is 3.86. The van der Waals surface area contributed by atoms with Gasteiger partial charge in [-0.15, -0.1) is 22.7 Å². The number of fused-ring (bicyclic) bond motifs is 1. The first-order valence-electron chi connectivity index (χ1n) is 8.49. The summed E-state index contributed by atoms with van der Waals surface area (Å²) >= 11 is 2.83. The van der Waals surface area contributed by atoms with Crippen LogP contribution >= 0.6 is 22.7 Å². The van der Waals surface area contributed by atoms with Crippen LogP contribution in [0.15, 0.2) is 53.4 Å². The van der Waals surface area contributed by atoms with Gasteiger partial charge in [-0.3, -0.25) is 14.6 Å². The van der Waals surface area contributed by atoms with E-state index in [2.05, 4.69) is 25.6 Å². The number of hydrogen-bond donors (Lipinski definition) is 2. The van der Waals surface area contributed by atoms with Gasteiger partial charge in [-0.05, 0) is 35.0 Å². The Kier molecular flexibility index (Phi) is 5.36. The maximum atomic E-state index is 12.4. The maximum absolute atomic E-state index is 12.4. The van der Waals surface area contributed by atoms with E-state index in [9.17, 15) is 9.59 Å². The standard InChI is InChI=1S/C19H15N5O2S2/c25-15(6-9-21-18(26)14-5-3-10-27-14)22-16-12-7-11-28-19(12)24-17(23-16)13-4-1-2-8-20-13/h1-5,7-8,10-11H,6,9H2,(H,21,26)(H,22,23,24,25). The molecule has 28 heavy (non-hydrogen) atoms. The average molecular weight is 409 g/mol. The Hall–Kier alpha value is -3.17. The molecule has 0 fully saturated rings. The number of rotatable bonds is 6. The summed E-state index contributed by atoms with van der Waals surface area (Å²) in [5.74, 6) is 0.491. The van der Waals surface area contributed by atoms with Crippen molar-refractivity contribution in [3.05, 3.63) is 58.2 Å². The van der Waals surface area contributed by atoms with Crippen LogP contribution in [0.1, 0.15) is 16.1 Å². The van der Waals surface area contributed by atoms with E-state index in [1.54, 1.807) is 12.3 Å². The third kappa shape index (κ3) is 4.05. The summed E-state index contributed by atoms with van der Waals surface area (Å²) in [6.07, 6.45) is 1.82. The van der Waals surface area contributed by atoms with Crippen molar-refractivity contribution >= 4 is 50.5 Å². The molecule has 0 aliphatic carbocycles. The zero-order valence-electron chi connectivity index (χ0n) is 14.6. The van der Waals surface area contributed by atoms with Crippen molar-refractivity contribution < 1.29 is 9.59 Å². The molecule has 4 aromatic heterocycles. The maximum Gasteiger partial charge on any atom is 0.261 e. The Bertz CT molecular complexity index is 1110. The van der Waals surface area contributed by atoms with Crippen LogP contribution in [0, 0.1) is 0 Å². The number of carbonyl (C=O) groups is 2. The number of hydrogen-bond acceptors (Lipinski definition) is 7. The Morgan fingerprint density at radius 3 is 2.71 bits per heavy atom. The molecule has 4 heterocycles. The minimum atomic E-state index is -0.232. The molecule has 4 aromatic rings. The minimum Gasteiger partial charge on any atom is -0.351 e. The molecule has 7 nitrogen and oxygen atoms in total. The lowest BCUT2D eigenvalue weighted by atomic mass is 10.3. The lowest BCUT2D eigenvalue weighted by molar-refractivity contribution is -0.116. The van der Waals surface area contributed by atoms with Crippen molar-refractivity contribution in [2.24, 2.45) is 0 Å². The minimum absolute atomic E-state index is 0.145. The van der Waals surface area contributed by atoms with E-state index in [-0.39, 0.29) is 24.8 Å². The first-order chi connectivity index (χ1) is 13.7. The molecule has 9 heteroatoms. The molecule has 0 atom stereocenters. The summed E-state index contributed by atoms with van der Waals surface area (Å²) in [7, 11) is 0. The predicted octanol–water partition coefficient (Wildman–Crippen LogP) is 3.57. The highest BCUT2D eigenvalue weighted by Crippen LogP contribution is 2.27. The SMILES string of the molecule is O=C(CCNC(=O)c1cccs1)Nc1nc(-c2ccccn2)nc2sccc12. The molecular weight excluding hydrogens is 394 g/mol. The van der Waals surface area contributed by atoms with Crippen LogP contribution < -0.4 is 10.6 Å². The molecule has 0 aliphatic rings. The number of amides is 2. The molecule has 0 aromatic carbocycles. The van der Waals surface area contributed by atoms with E-state index in [4.69, 9.17) is 0 Å². The van der Waals surface area contributed by atoms with Crippen molar-refractivity contribution in [2.45, 2.75) is 6.42 Å². The quantitative estimate of drug-likeness (QED) is 0.507. The average Bonchev–Trinajstić information content (AvgIpc) is 3.40. The molecule has 0 saturated heterocycles. The van der Waals surface area contributed by atoms with Crippen LogP contribution in [-0.2, 0) is 4.79 Å². The molecule has 0 radical (unpaired) electrons. The van der Waals surface area contributed by atoms with Crippen LogP contribution in [0.4, 0.5) is 5.82 Å². The summed E-state index contributed by atoms with van der Waals surface area (Å²) in [6.45, 7) is 0.244. The van der Waals surface area contributed by atoms with Gasteiger partial charge in [0.25, 0.3) is 5.91 Å². The highest BCUT2D eigenvalue weighted by Gasteiger charge is 2.14. The number of thiophene rings is 2. The molecule has 140 valence electrons. The van der Waals surface area contributed by atoms with Crippen LogP contribution in [0.3, 0.4) is 0 Å². The smallest absolute Gasteiger partial charge is 0.261 e. The fraction of sp³-hybridized carbons (Fsp3) is 0.105. The van der Waals surface area contributed by atoms with Gasteiger partial charge in [-0.25, -0.2) is 9.97 Å². The summed E-state index contributed by atoms with van der Waals surface area (Å²) in [4.78, 5) is 39.0.